The maximum atomic E-state index is 13.5. The summed E-state index contributed by atoms with van der Waals surface area (Å²) in [6, 6.07) is 7.00. The number of rotatable bonds is 2. The lowest BCUT2D eigenvalue weighted by atomic mass is 9.94. The molecular formula is C15H19F3N2. The standard InChI is InChI=1S/C15H19F3N2/c16-15(17,18)14(11-5-2-1-3-6-11)20-9-12-7-4-8-19-13(12)10-20/h1-3,5-6,12-14,19H,4,7-10H2/t12-,13+,14?/m0/s1. The second-order valence-corrected chi connectivity index (χ2v) is 5.77. The summed E-state index contributed by atoms with van der Waals surface area (Å²) in [5.74, 6) is 0.359. The SMILES string of the molecule is FC(F)(F)C(c1ccccc1)N1C[C@@H]2CCCN[C@@H]2C1. The third kappa shape index (κ3) is 2.69. The van der Waals surface area contributed by atoms with Gasteiger partial charge in [0.25, 0.3) is 0 Å². The van der Waals surface area contributed by atoms with Gasteiger partial charge in [-0.15, -0.1) is 0 Å². The zero-order valence-electron chi connectivity index (χ0n) is 11.2. The number of alkyl halides is 3. The Kier molecular flexibility index (Phi) is 3.73. The highest BCUT2D eigenvalue weighted by Crippen LogP contribution is 2.41. The Balaban J connectivity index is 1.84. The third-order valence-corrected chi connectivity index (χ3v) is 4.42. The Bertz CT molecular complexity index is 432. The van der Waals surface area contributed by atoms with Crippen molar-refractivity contribution in [3.8, 4) is 0 Å². The van der Waals surface area contributed by atoms with Crippen LogP contribution in [0.1, 0.15) is 24.4 Å². The summed E-state index contributed by atoms with van der Waals surface area (Å²) in [6.45, 7) is 1.96. The number of halogens is 3. The summed E-state index contributed by atoms with van der Waals surface area (Å²) in [6.07, 6.45) is -2.13. The molecule has 2 aliphatic heterocycles. The van der Waals surface area contributed by atoms with E-state index in [1.165, 1.54) is 0 Å². The lowest BCUT2D eigenvalue weighted by molar-refractivity contribution is -0.184. The van der Waals surface area contributed by atoms with E-state index < -0.39 is 12.2 Å². The molecule has 2 heterocycles. The quantitative estimate of drug-likeness (QED) is 0.898. The van der Waals surface area contributed by atoms with Gasteiger partial charge in [-0.3, -0.25) is 4.90 Å². The van der Waals surface area contributed by atoms with Crippen LogP contribution in [-0.2, 0) is 0 Å². The Morgan fingerprint density at radius 2 is 1.90 bits per heavy atom. The average molecular weight is 284 g/mol. The molecule has 0 radical (unpaired) electrons. The second kappa shape index (κ2) is 5.37. The monoisotopic (exact) mass is 284 g/mol. The number of piperidine rings is 1. The van der Waals surface area contributed by atoms with Crippen molar-refractivity contribution in [1.82, 2.24) is 10.2 Å². The minimum Gasteiger partial charge on any atom is -0.312 e. The molecule has 2 nitrogen and oxygen atoms in total. The van der Waals surface area contributed by atoms with Crippen molar-refractivity contribution >= 4 is 0 Å². The molecule has 1 aromatic rings. The molecule has 1 unspecified atom stereocenters. The molecule has 0 aliphatic carbocycles. The fourth-order valence-corrected chi connectivity index (χ4v) is 3.53. The first-order valence-electron chi connectivity index (χ1n) is 7.15. The van der Waals surface area contributed by atoms with E-state index in [2.05, 4.69) is 5.32 Å². The van der Waals surface area contributed by atoms with Gasteiger partial charge in [-0.25, -0.2) is 0 Å². The van der Waals surface area contributed by atoms with Crippen LogP contribution in [0.15, 0.2) is 30.3 Å². The summed E-state index contributed by atoms with van der Waals surface area (Å²) in [4.78, 5) is 1.60. The minimum atomic E-state index is -4.23. The van der Waals surface area contributed by atoms with Crippen molar-refractivity contribution in [3.05, 3.63) is 35.9 Å². The first-order chi connectivity index (χ1) is 9.55. The number of likely N-dealkylation sites (tertiary alicyclic amines) is 1. The predicted molar refractivity (Wildman–Crippen MR) is 71.3 cm³/mol. The van der Waals surface area contributed by atoms with Crippen molar-refractivity contribution < 1.29 is 13.2 Å². The highest BCUT2D eigenvalue weighted by Gasteiger charge is 2.48. The largest absolute Gasteiger partial charge is 0.408 e. The van der Waals surface area contributed by atoms with Gasteiger partial charge < -0.3 is 5.32 Å². The number of nitrogens with one attached hydrogen (secondary N) is 1. The van der Waals surface area contributed by atoms with Crippen LogP contribution in [0, 0.1) is 5.92 Å². The molecule has 0 saturated carbocycles. The summed E-state index contributed by atoms with van der Waals surface area (Å²) >= 11 is 0. The van der Waals surface area contributed by atoms with Gasteiger partial charge in [-0.05, 0) is 30.9 Å². The normalized spacial score (nSPS) is 29.1. The van der Waals surface area contributed by atoms with E-state index in [1.54, 1.807) is 35.2 Å². The van der Waals surface area contributed by atoms with Crippen molar-refractivity contribution in [3.63, 3.8) is 0 Å². The summed E-state index contributed by atoms with van der Waals surface area (Å²) in [7, 11) is 0. The van der Waals surface area contributed by atoms with Gasteiger partial charge in [0.2, 0.25) is 0 Å². The van der Waals surface area contributed by atoms with Crippen LogP contribution in [0.4, 0.5) is 13.2 Å². The van der Waals surface area contributed by atoms with E-state index >= 15 is 0 Å². The molecule has 1 N–H and O–H groups in total. The molecule has 0 aromatic heterocycles. The number of hydrogen-bond acceptors (Lipinski definition) is 2. The van der Waals surface area contributed by atoms with Crippen LogP contribution in [0.2, 0.25) is 0 Å². The van der Waals surface area contributed by atoms with E-state index in [0.29, 0.717) is 24.6 Å². The van der Waals surface area contributed by atoms with Crippen LogP contribution < -0.4 is 5.32 Å². The van der Waals surface area contributed by atoms with Crippen LogP contribution in [0.25, 0.3) is 0 Å². The van der Waals surface area contributed by atoms with E-state index in [-0.39, 0.29) is 6.04 Å². The molecule has 0 bridgehead atoms. The second-order valence-electron chi connectivity index (χ2n) is 5.77. The average Bonchev–Trinajstić information content (AvgIpc) is 2.81. The molecule has 1 aromatic carbocycles. The topological polar surface area (TPSA) is 15.3 Å². The third-order valence-electron chi connectivity index (χ3n) is 4.42. The summed E-state index contributed by atoms with van der Waals surface area (Å²) < 4.78 is 40.4. The smallest absolute Gasteiger partial charge is 0.312 e. The number of nitrogens with zero attached hydrogens (tertiary/aromatic N) is 1. The molecule has 20 heavy (non-hydrogen) atoms. The van der Waals surface area contributed by atoms with E-state index in [4.69, 9.17) is 0 Å². The number of hydrogen-bond donors (Lipinski definition) is 1. The highest BCUT2D eigenvalue weighted by atomic mass is 19.4. The molecule has 3 atom stereocenters. The molecule has 5 heteroatoms. The molecule has 2 fully saturated rings. The lowest BCUT2D eigenvalue weighted by Crippen LogP contribution is -2.41. The Labute approximate surface area is 117 Å². The molecule has 2 saturated heterocycles. The molecule has 0 amide bonds. The summed E-state index contributed by atoms with van der Waals surface area (Å²) in [5, 5.41) is 3.36. The molecule has 110 valence electrons. The first kappa shape index (κ1) is 13.9. The van der Waals surface area contributed by atoms with Gasteiger partial charge >= 0.3 is 6.18 Å². The van der Waals surface area contributed by atoms with Crippen molar-refractivity contribution in [2.75, 3.05) is 19.6 Å². The zero-order chi connectivity index (χ0) is 14.2. The van der Waals surface area contributed by atoms with Gasteiger partial charge in [-0.1, -0.05) is 30.3 Å². The molecule has 0 spiro atoms. The lowest BCUT2D eigenvalue weighted by Gasteiger charge is -2.30. The van der Waals surface area contributed by atoms with Crippen LogP contribution in [0.5, 0.6) is 0 Å². The van der Waals surface area contributed by atoms with Crippen LogP contribution in [-0.4, -0.2) is 36.8 Å². The first-order valence-corrected chi connectivity index (χ1v) is 7.15. The molecular weight excluding hydrogens is 265 g/mol. The predicted octanol–water partition coefficient (Wildman–Crippen LogP) is 2.97. The fraction of sp³-hybridized carbons (Fsp3) is 0.600. The summed E-state index contributed by atoms with van der Waals surface area (Å²) in [5.41, 5.74) is 0.346. The van der Waals surface area contributed by atoms with Crippen LogP contribution >= 0.6 is 0 Å². The molecule has 3 rings (SSSR count). The Morgan fingerprint density at radius 3 is 2.55 bits per heavy atom. The van der Waals surface area contributed by atoms with E-state index in [9.17, 15) is 13.2 Å². The van der Waals surface area contributed by atoms with Gasteiger partial charge in [0.15, 0.2) is 0 Å². The van der Waals surface area contributed by atoms with Crippen LogP contribution in [0.3, 0.4) is 0 Å². The minimum absolute atomic E-state index is 0.220. The maximum Gasteiger partial charge on any atom is 0.408 e. The van der Waals surface area contributed by atoms with Gasteiger partial charge in [0.05, 0.1) is 0 Å². The maximum absolute atomic E-state index is 13.5. The van der Waals surface area contributed by atoms with E-state index in [1.807, 2.05) is 0 Å². The zero-order valence-corrected chi connectivity index (χ0v) is 11.2. The Morgan fingerprint density at radius 1 is 1.15 bits per heavy atom. The fourth-order valence-electron chi connectivity index (χ4n) is 3.53. The highest BCUT2D eigenvalue weighted by molar-refractivity contribution is 5.21. The van der Waals surface area contributed by atoms with E-state index in [0.717, 1.165) is 19.4 Å². The van der Waals surface area contributed by atoms with Gasteiger partial charge in [0, 0.05) is 19.1 Å². The Hall–Kier alpha value is -1.07. The molecule has 2 aliphatic rings. The van der Waals surface area contributed by atoms with Gasteiger partial charge in [-0.2, -0.15) is 13.2 Å². The van der Waals surface area contributed by atoms with Crippen molar-refractivity contribution in [2.45, 2.75) is 31.1 Å². The van der Waals surface area contributed by atoms with Gasteiger partial charge in [0.1, 0.15) is 6.04 Å². The van der Waals surface area contributed by atoms with Crippen molar-refractivity contribution in [2.24, 2.45) is 5.92 Å². The number of fused-ring (bicyclic) bond motifs is 1. The van der Waals surface area contributed by atoms with Crippen molar-refractivity contribution in [1.29, 1.82) is 0 Å². The number of benzene rings is 1.